The highest BCUT2D eigenvalue weighted by atomic mass is 16.5. The number of anilines is 2. The summed E-state index contributed by atoms with van der Waals surface area (Å²) in [7, 11) is 1.55. The van der Waals surface area contributed by atoms with E-state index < -0.39 is 11.9 Å². The van der Waals surface area contributed by atoms with Crippen LogP contribution in [0.1, 0.15) is 26.3 Å². The molecule has 3 amide bonds. The molecule has 0 heterocycles. The molecule has 0 saturated heterocycles. The number of nitrogens with one attached hydrogen (secondary N) is 3. The Morgan fingerprint density at radius 3 is 2.14 bits per heavy atom. The molecule has 7 nitrogen and oxygen atoms in total. The summed E-state index contributed by atoms with van der Waals surface area (Å²) < 4.78 is 5.24. The van der Waals surface area contributed by atoms with Crippen molar-refractivity contribution in [2.24, 2.45) is 0 Å². The molecule has 0 bridgehead atoms. The lowest BCUT2D eigenvalue weighted by Crippen LogP contribution is -2.45. The summed E-state index contributed by atoms with van der Waals surface area (Å²) in [4.78, 5) is 39.4. The van der Waals surface area contributed by atoms with Crippen molar-refractivity contribution in [1.29, 1.82) is 0 Å². The Morgan fingerprint density at radius 1 is 0.730 bits per heavy atom. The van der Waals surface area contributed by atoms with E-state index in [-0.39, 0.29) is 23.8 Å². The van der Waals surface area contributed by atoms with Gasteiger partial charge in [-0.3, -0.25) is 14.4 Å². The standard InChI is InChI=1S/C30H27N3O4/c1-37-24-16-10-15-23(20-24)31-30(36)27(19-21-11-4-2-5-12-21)33-29(35)25-17-8-9-18-26(25)32-28(34)22-13-6-3-7-14-22/h2-18,20,27H,19H2,1H3,(H,31,36)(H,32,34)(H,33,35). The van der Waals surface area contributed by atoms with Crippen molar-refractivity contribution in [2.75, 3.05) is 17.7 Å². The van der Waals surface area contributed by atoms with Gasteiger partial charge in [-0.15, -0.1) is 0 Å². The third-order valence-electron chi connectivity index (χ3n) is 5.70. The Hall–Kier alpha value is -4.91. The maximum atomic E-state index is 13.4. The fourth-order valence-electron chi connectivity index (χ4n) is 3.80. The number of amides is 3. The van der Waals surface area contributed by atoms with Gasteiger partial charge in [0.25, 0.3) is 11.8 Å². The third-order valence-corrected chi connectivity index (χ3v) is 5.70. The van der Waals surface area contributed by atoms with E-state index in [1.165, 1.54) is 0 Å². The molecule has 37 heavy (non-hydrogen) atoms. The van der Waals surface area contributed by atoms with Gasteiger partial charge >= 0.3 is 0 Å². The van der Waals surface area contributed by atoms with Crippen LogP contribution in [-0.4, -0.2) is 30.9 Å². The molecular weight excluding hydrogens is 466 g/mol. The minimum absolute atomic E-state index is 0.249. The summed E-state index contributed by atoms with van der Waals surface area (Å²) >= 11 is 0. The van der Waals surface area contributed by atoms with E-state index in [2.05, 4.69) is 16.0 Å². The molecule has 0 aromatic heterocycles. The monoisotopic (exact) mass is 493 g/mol. The van der Waals surface area contributed by atoms with Gasteiger partial charge in [-0.1, -0.05) is 66.7 Å². The molecule has 0 aliphatic heterocycles. The largest absolute Gasteiger partial charge is 0.497 e. The van der Waals surface area contributed by atoms with Crippen molar-refractivity contribution < 1.29 is 19.1 Å². The Balaban J connectivity index is 1.55. The number of carbonyl (C=O) groups excluding carboxylic acids is 3. The Labute approximate surface area is 215 Å². The lowest BCUT2D eigenvalue weighted by Gasteiger charge is -2.20. The number of ether oxygens (including phenoxy) is 1. The SMILES string of the molecule is COc1cccc(NC(=O)C(Cc2ccccc2)NC(=O)c2ccccc2NC(=O)c2ccccc2)c1. The molecule has 4 aromatic carbocycles. The number of para-hydroxylation sites is 1. The lowest BCUT2D eigenvalue weighted by atomic mass is 10.0. The molecule has 1 unspecified atom stereocenters. The summed E-state index contributed by atoms with van der Waals surface area (Å²) in [6.45, 7) is 0. The van der Waals surface area contributed by atoms with E-state index in [9.17, 15) is 14.4 Å². The molecule has 0 radical (unpaired) electrons. The van der Waals surface area contributed by atoms with Gasteiger partial charge in [0.05, 0.1) is 18.4 Å². The predicted molar refractivity (Wildman–Crippen MR) is 144 cm³/mol. The summed E-state index contributed by atoms with van der Waals surface area (Å²) in [6, 6.07) is 31.0. The molecule has 7 heteroatoms. The van der Waals surface area contributed by atoms with Crippen LogP contribution in [0, 0.1) is 0 Å². The number of carbonyl (C=O) groups is 3. The van der Waals surface area contributed by atoms with Crippen LogP contribution in [-0.2, 0) is 11.2 Å². The summed E-state index contributed by atoms with van der Waals surface area (Å²) in [5.74, 6) is -0.594. The number of benzene rings is 4. The van der Waals surface area contributed by atoms with Crippen LogP contribution in [0.4, 0.5) is 11.4 Å². The predicted octanol–water partition coefficient (Wildman–Crippen LogP) is 4.93. The van der Waals surface area contributed by atoms with Crippen LogP contribution < -0.4 is 20.7 Å². The molecule has 4 rings (SSSR count). The van der Waals surface area contributed by atoms with Crippen molar-refractivity contribution in [3.05, 3.63) is 126 Å². The Morgan fingerprint density at radius 2 is 1.41 bits per heavy atom. The topological polar surface area (TPSA) is 96.5 Å². The first-order valence-corrected chi connectivity index (χ1v) is 11.8. The van der Waals surface area contributed by atoms with Crippen molar-refractivity contribution in [1.82, 2.24) is 5.32 Å². The molecule has 0 fully saturated rings. The van der Waals surface area contributed by atoms with Crippen LogP contribution in [0.25, 0.3) is 0 Å². The van der Waals surface area contributed by atoms with E-state index in [4.69, 9.17) is 4.74 Å². The zero-order valence-electron chi connectivity index (χ0n) is 20.3. The van der Waals surface area contributed by atoms with Crippen LogP contribution >= 0.6 is 0 Å². The Kier molecular flexibility index (Phi) is 8.29. The second kappa shape index (κ2) is 12.2. The van der Waals surface area contributed by atoms with Crippen LogP contribution in [0.3, 0.4) is 0 Å². The molecule has 0 aliphatic rings. The average molecular weight is 494 g/mol. The molecule has 1 atom stereocenters. The van der Waals surface area contributed by atoms with Crippen molar-refractivity contribution in [3.63, 3.8) is 0 Å². The van der Waals surface area contributed by atoms with Gasteiger partial charge in [0.15, 0.2) is 0 Å². The average Bonchev–Trinajstić information content (AvgIpc) is 2.94. The lowest BCUT2D eigenvalue weighted by molar-refractivity contribution is -0.118. The highest BCUT2D eigenvalue weighted by Crippen LogP contribution is 2.19. The van der Waals surface area contributed by atoms with Gasteiger partial charge in [0, 0.05) is 23.7 Å². The zero-order chi connectivity index (χ0) is 26.0. The molecule has 4 aromatic rings. The number of hydrogen-bond acceptors (Lipinski definition) is 4. The molecule has 0 aliphatic carbocycles. The van der Waals surface area contributed by atoms with E-state index in [0.29, 0.717) is 22.7 Å². The van der Waals surface area contributed by atoms with Gasteiger partial charge in [-0.25, -0.2) is 0 Å². The maximum Gasteiger partial charge on any atom is 0.255 e. The highest BCUT2D eigenvalue weighted by Gasteiger charge is 2.24. The zero-order valence-corrected chi connectivity index (χ0v) is 20.3. The van der Waals surface area contributed by atoms with Crippen LogP contribution in [0.15, 0.2) is 109 Å². The maximum absolute atomic E-state index is 13.4. The van der Waals surface area contributed by atoms with Crippen molar-refractivity contribution >= 4 is 29.1 Å². The molecule has 0 saturated carbocycles. The van der Waals surface area contributed by atoms with Gasteiger partial charge < -0.3 is 20.7 Å². The van der Waals surface area contributed by atoms with Crippen molar-refractivity contribution in [3.8, 4) is 5.75 Å². The van der Waals surface area contributed by atoms with Crippen molar-refractivity contribution in [2.45, 2.75) is 12.5 Å². The second-order valence-corrected chi connectivity index (χ2v) is 8.30. The third kappa shape index (κ3) is 6.82. The first-order chi connectivity index (χ1) is 18.0. The van der Waals surface area contributed by atoms with E-state index in [1.54, 1.807) is 79.9 Å². The number of rotatable bonds is 9. The summed E-state index contributed by atoms with van der Waals surface area (Å²) in [5.41, 5.74) is 2.50. The highest BCUT2D eigenvalue weighted by molar-refractivity contribution is 6.10. The second-order valence-electron chi connectivity index (χ2n) is 8.30. The number of hydrogen-bond donors (Lipinski definition) is 3. The molecule has 3 N–H and O–H groups in total. The van der Waals surface area contributed by atoms with Gasteiger partial charge in [0.2, 0.25) is 5.91 Å². The quantitative estimate of drug-likeness (QED) is 0.308. The normalized spacial score (nSPS) is 11.2. The molecule has 186 valence electrons. The smallest absolute Gasteiger partial charge is 0.255 e. The Bertz CT molecular complexity index is 1370. The van der Waals surface area contributed by atoms with Gasteiger partial charge in [0.1, 0.15) is 11.8 Å². The molecular formula is C30H27N3O4. The first kappa shape index (κ1) is 25.2. The summed E-state index contributed by atoms with van der Waals surface area (Å²) in [6.07, 6.45) is 0.279. The van der Waals surface area contributed by atoms with Crippen LogP contribution in [0.2, 0.25) is 0 Å². The molecule has 0 spiro atoms. The fraction of sp³-hybridized carbons (Fsp3) is 0.100. The van der Waals surface area contributed by atoms with E-state index >= 15 is 0 Å². The van der Waals surface area contributed by atoms with E-state index in [0.717, 1.165) is 5.56 Å². The minimum Gasteiger partial charge on any atom is -0.497 e. The first-order valence-electron chi connectivity index (χ1n) is 11.8. The van der Waals surface area contributed by atoms with Gasteiger partial charge in [-0.2, -0.15) is 0 Å². The van der Waals surface area contributed by atoms with Crippen LogP contribution in [0.5, 0.6) is 5.75 Å². The van der Waals surface area contributed by atoms with Gasteiger partial charge in [-0.05, 0) is 42.0 Å². The summed E-state index contributed by atoms with van der Waals surface area (Å²) in [5, 5.41) is 8.51. The fourth-order valence-corrected chi connectivity index (χ4v) is 3.80. The number of methoxy groups -OCH3 is 1. The van der Waals surface area contributed by atoms with E-state index in [1.807, 2.05) is 36.4 Å². The minimum atomic E-state index is -0.876.